The third-order valence-corrected chi connectivity index (χ3v) is 4.10. The van der Waals surface area contributed by atoms with Crippen molar-refractivity contribution in [3.63, 3.8) is 0 Å². The van der Waals surface area contributed by atoms with E-state index in [1.54, 1.807) is 36.4 Å². The van der Waals surface area contributed by atoms with Gasteiger partial charge in [0.1, 0.15) is 0 Å². The Morgan fingerprint density at radius 2 is 1.52 bits per heavy atom. The molecule has 3 aromatic carbocycles. The zero-order chi connectivity index (χ0) is 17.4. The van der Waals surface area contributed by atoms with Crippen LogP contribution in [0.15, 0.2) is 83.8 Å². The topological polar surface area (TPSA) is 64.2 Å². The van der Waals surface area contributed by atoms with Crippen LogP contribution in [-0.2, 0) is 0 Å². The average molecular weight is 330 g/mol. The van der Waals surface area contributed by atoms with E-state index < -0.39 is 17.5 Å². The summed E-state index contributed by atoms with van der Waals surface area (Å²) in [6, 6.07) is 21.7. The van der Waals surface area contributed by atoms with Crippen LogP contribution in [0.2, 0.25) is 0 Å². The van der Waals surface area contributed by atoms with Crippen LogP contribution in [-0.4, -0.2) is 20.1 Å². The third kappa shape index (κ3) is 2.52. The van der Waals surface area contributed by atoms with Gasteiger partial charge in [0.2, 0.25) is 5.88 Å². The average Bonchev–Trinajstić information content (AvgIpc) is 2.95. The molecule has 0 aliphatic heterocycles. The molecule has 122 valence electrons. The molecule has 1 N–H and O–H groups in total. The van der Waals surface area contributed by atoms with E-state index in [1.165, 1.54) is 10.8 Å². The predicted molar refractivity (Wildman–Crippen MR) is 95.4 cm³/mol. The van der Waals surface area contributed by atoms with Gasteiger partial charge >= 0.3 is 5.69 Å². The van der Waals surface area contributed by atoms with Crippen LogP contribution in [0, 0.1) is 0 Å². The first-order chi connectivity index (χ1) is 12.1. The van der Waals surface area contributed by atoms with Crippen LogP contribution in [0.3, 0.4) is 0 Å². The zero-order valence-corrected chi connectivity index (χ0v) is 13.2. The highest BCUT2D eigenvalue weighted by atomic mass is 16.3. The van der Waals surface area contributed by atoms with E-state index in [0.717, 1.165) is 15.3 Å². The molecule has 0 spiro atoms. The number of aromatic hydroxyl groups is 1. The second-order valence-electron chi connectivity index (χ2n) is 5.68. The highest BCUT2D eigenvalue weighted by molar-refractivity contribution is 6.00. The van der Waals surface area contributed by atoms with Crippen molar-refractivity contribution in [3.8, 4) is 11.6 Å². The van der Waals surface area contributed by atoms with Crippen LogP contribution < -0.4 is 5.69 Å². The molecule has 5 heteroatoms. The lowest BCUT2D eigenvalue weighted by atomic mass is 10.1. The third-order valence-electron chi connectivity index (χ3n) is 4.10. The Morgan fingerprint density at radius 1 is 0.840 bits per heavy atom. The van der Waals surface area contributed by atoms with E-state index in [2.05, 4.69) is 0 Å². The van der Waals surface area contributed by atoms with E-state index in [1.807, 2.05) is 36.4 Å². The molecular weight excluding hydrogens is 316 g/mol. The Balaban J connectivity index is 1.82. The number of nitrogens with zero attached hydrogens (tertiary/aromatic N) is 2. The van der Waals surface area contributed by atoms with Crippen LogP contribution in [0.4, 0.5) is 0 Å². The summed E-state index contributed by atoms with van der Waals surface area (Å²) in [5.74, 6) is -0.963. The quantitative estimate of drug-likeness (QED) is 0.614. The fraction of sp³-hybridized carbons (Fsp3) is 0. The second kappa shape index (κ2) is 5.79. The molecule has 4 aromatic rings. The van der Waals surface area contributed by atoms with Crippen molar-refractivity contribution in [2.45, 2.75) is 0 Å². The number of imidazole rings is 1. The molecule has 0 saturated carbocycles. The molecule has 0 aliphatic rings. The number of benzene rings is 3. The van der Waals surface area contributed by atoms with Gasteiger partial charge in [0, 0.05) is 5.56 Å². The predicted octanol–water partition coefficient (Wildman–Crippen LogP) is 3.19. The maximum Gasteiger partial charge on any atom is 0.342 e. The molecule has 5 nitrogen and oxygen atoms in total. The number of aromatic nitrogens is 2. The fourth-order valence-corrected chi connectivity index (χ4v) is 2.85. The first-order valence-electron chi connectivity index (χ1n) is 7.77. The number of rotatable bonds is 2. The summed E-state index contributed by atoms with van der Waals surface area (Å²) in [6.07, 6.45) is 1.25. The van der Waals surface area contributed by atoms with Gasteiger partial charge in [-0.2, -0.15) is 4.57 Å². The van der Waals surface area contributed by atoms with Gasteiger partial charge in [0.05, 0.1) is 11.9 Å². The van der Waals surface area contributed by atoms with E-state index in [9.17, 15) is 14.7 Å². The maximum absolute atomic E-state index is 12.8. The number of para-hydroxylation sites is 1. The van der Waals surface area contributed by atoms with Crippen molar-refractivity contribution >= 4 is 16.7 Å². The summed E-state index contributed by atoms with van der Waals surface area (Å²) in [5.41, 5.74) is 0.302. The Bertz CT molecular complexity index is 1140. The minimum atomic E-state index is -0.609. The van der Waals surface area contributed by atoms with Crippen LogP contribution in [0.25, 0.3) is 16.5 Å². The normalized spacial score (nSPS) is 10.9. The number of carbonyl (C=O) groups excluding carboxylic acids is 1. The molecule has 0 fully saturated rings. The Kier molecular flexibility index (Phi) is 3.47. The summed E-state index contributed by atoms with van der Waals surface area (Å²) in [7, 11) is 0. The van der Waals surface area contributed by atoms with Crippen LogP contribution in [0.1, 0.15) is 10.4 Å². The summed E-state index contributed by atoms with van der Waals surface area (Å²) in [6.45, 7) is 0. The monoisotopic (exact) mass is 330 g/mol. The van der Waals surface area contributed by atoms with Gasteiger partial charge in [-0.05, 0) is 35.0 Å². The second-order valence-corrected chi connectivity index (χ2v) is 5.68. The minimum Gasteiger partial charge on any atom is -0.493 e. The molecular formula is C20H14N2O3. The van der Waals surface area contributed by atoms with Crippen molar-refractivity contribution in [3.05, 3.63) is 95.0 Å². The molecule has 25 heavy (non-hydrogen) atoms. The standard InChI is InChI=1S/C20H14N2O3/c23-18-13-21(17-8-2-1-3-9-17)20(25)22(18)19(24)16-11-10-14-6-4-5-7-15(14)12-16/h1-13,23H. The number of carbonyl (C=O) groups is 1. The van der Waals surface area contributed by atoms with Crippen molar-refractivity contribution in [2.75, 3.05) is 0 Å². The SMILES string of the molecule is O=C(c1ccc2ccccc2c1)n1c(O)cn(-c2ccccc2)c1=O. The maximum atomic E-state index is 12.8. The van der Waals surface area contributed by atoms with Gasteiger partial charge < -0.3 is 5.11 Å². The summed E-state index contributed by atoms with van der Waals surface area (Å²) in [4.78, 5) is 25.4. The van der Waals surface area contributed by atoms with Crippen molar-refractivity contribution in [1.82, 2.24) is 9.13 Å². The van der Waals surface area contributed by atoms with Gasteiger partial charge in [-0.25, -0.2) is 4.79 Å². The van der Waals surface area contributed by atoms with Crippen molar-refractivity contribution in [2.24, 2.45) is 0 Å². The van der Waals surface area contributed by atoms with E-state index in [4.69, 9.17) is 0 Å². The van der Waals surface area contributed by atoms with Gasteiger partial charge in [0.25, 0.3) is 5.91 Å². The largest absolute Gasteiger partial charge is 0.493 e. The summed E-state index contributed by atoms with van der Waals surface area (Å²) < 4.78 is 2.02. The molecule has 0 bridgehead atoms. The first kappa shape index (κ1) is 15.0. The van der Waals surface area contributed by atoms with E-state index in [0.29, 0.717) is 11.3 Å². The summed E-state index contributed by atoms with van der Waals surface area (Å²) >= 11 is 0. The highest BCUT2D eigenvalue weighted by Crippen LogP contribution is 2.18. The Morgan fingerprint density at radius 3 is 2.28 bits per heavy atom. The molecule has 0 atom stereocenters. The van der Waals surface area contributed by atoms with E-state index in [-0.39, 0.29) is 0 Å². The minimum absolute atomic E-state index is 0.335. The molecule has 0 unspecified atom stereocenters. The smallest absolute Gasteiger partial charge is 0.342 e. The number of fused-ring (bicyclic) bond motifs is 1. The van der Waals surface area contributed by atoms with Gasteiger partial charge in [-0.1, -0.05) is 48.5 Å². The summed E-state index contributed by atoms with van der Waals surface area (Å²) in [5, 5.41) is 12.0. The molecule has 0 radical (unpaired) electrons. The first-order valence-corrected chi connectivity index (χ1v) is 7.77. The van der Waals surface area contributed by atoms with Crippen LogP contribution in [0.5, 0.6) is 5.88 Å². The molecule has 0 aliphatic carbocycles. The Hall–Kier alpha value is -3.60. The van der Waals surface area contributed by atoms with Gasteiger partial charge in [0.15, 0.2) is 0 Å². The van der Waals surface area contributed by atoms with Crippen molar-refractivity contribution < 1.29 is 9.90 Å². The lowest BCUT2D eigenvalue weighted by molar-refractivity contribution is 0.0947. The zero-order valence-electron chi connectivity index (χ0n) is 13.2. The van der Waals surface area contributed by atoms with Crippen molar-refractivity contribution in [1.29, 1.82) is 0 Å². The lowest BCUT2D eigenvalue weighted by Gasteiger charge is -2.04. The lowest BCUT2D eigenvalue weighted by Crippen LogP contribution is -2.28. The molecule has 0 saturated heterocycles. The number of hydrogen-bond donors (Lipinski definition) is 1. The number of hydrogen-bond acceptors (Lipinski definition) is 3. The van der Waals surface area contributed by atoms with Crippen LogP contribution >= 0.6 is 0 Å². The molecule has 1 aromatic heterocycles. The Labute approximate surface area is 143 Å². The highest BCUT2D eigenvalue weighted by Gasteiger charge is 2.19. The van der Waals surface area contributed by atoms with Gasteiger partial charge in [-0.15, -0.1) is 0 Å². The molecule has 0 amide bonds. The van der Waals surface area contributed by atoms with Gasteiger partial charge in [-0.3, -0.25) is 9.36 Å². The van der Waals surface area contributed by atoms with E-state index >= 15 is 0 Å². The molecule has 4 rings (SSSR count). The fourth-order valence-electron chi connectivity index (χ4n) is 2.85. The molecule has 1 heterocycles.